The lowest BCUT2D eigenvalue weighted by molar-refractivity contribution is 0.395. The Hall–Kier alpha value is -1.24. The van der Waals surface area contributed by atoms with Gasteiger partial charge in [0, 0.05) is 26.8 Å². The highest BCUT2D eigenvalue weighted by atomic mass is 79.9. The molecule has 0 unspecified atom stereocenters. The number of benzene rings is 1. The topological polar surface area (TPSA) is 38.6 Å². The van der Waals surface area contributed by atoms with Gasteiger partial charge in [0.05, 0.1) is 13.7 Å². The SMILES string of the molecule is COc1nc2sccn2c1CNc1ccc(Cl)cc1Br. The number of halogens is 2. The van der Waals surface area contributed by atoms with Crippen LogP contribution in [0.1, 0.15) is 5.69 Å². The van der Waals surface area contributed by atoms with Gasteiger partial charge in [-0.25, -0.2) is 0 Å². The van der Waals surface area contributed by atoms with Crippen LogP contribution in [0, 0.1) is 0 Å². The molecule has 0 fully saturated rings. The van der Waals surface area contributed by atoms with Crippen molar-refractivity contribution in [3.05, 3.63) is 45.0 Å². The fraction of sp³-hybridized carbons (Fsp3) is 0.154. The molecule has 2 aromatic heterocycles. The number of thiazole rings is 1. The summed E-state index contributed by atoms with van der Waals surface area (Å²) in [5.74, 6) is 0.648. The first kappa shape index (κ1) is 13.7. The second-order valence-electron chi connectivity index (χ2n) is 4.10. The van der Waals surface area contributed by atoms with E-state index in [-0.39, 0.29) is 0 Å². The van der Waals surface area contributed by atoms with Crippen molar-refractivity contribution in [2.45, 2.75) is 6.54 Å². The molecule has 104 valence electrons. The van der Waals surface area contributed by atoms with Crippen LogP contribution in [0.15, 0.2) is 34.2 Å². The molecule has 0 aliphatic heterocycles. The molecule has 2 heterocycles. The van der Waals surface area contributed by atoms with Gasteiger partial charge in [0.1, 0.15) is 5.69 Å². The Morgan fingerprint density at radius 2 is 2.35 bits per heavy atom. The maximum absolute atomic E-state index is 5.94. The predicted octanol–water partition coefficient (Wildman–Crippen LogP) is 4.43. The Morgan fingerprint density at radius 3 is 3.10 bits per heavy atom. The first-order valence-electron chi connectivity index (χ1n) is 5.86. The Labute approximate surface area is 133 Å². The van der Waals surface area contributed by atoms with Gasteiger partial charge < -0.3 is 10.1 Å². The van der Waals surface area contributed by atoms with Crippen molar-refractivity contribution in [2.75, 3.05) is 12.4 Å². The number of rotatable bonds is 4. The van der Waals surface area contributed by atoms with Gasteiger partial charge in [0.15, 0.2) is 4.96 Å². The van der Waals surface area contributed by atoms with E-state index in [9.17, 15) is 0 Å². The van der Waals surface area contributed by atoms with E-state index >= 15 is 0 Å². The van der Waals surface area contributed by atoms with Crippen molar-refractivity contribution in [3.63, 3.8) is 0 Å². The maximum Gasteiger partial charge on any atom is 0.238 e. The summed E-state index contributed by atoms with van der Waals surface area (Å²) in [7, 11) is 1.63. The molecule has 0 saturated carbocycles. The molecule has 3 rings (SSSR count). The number of nitrogens with zero attached hydrogens (tertiary/aromatic N) is 2. The van der Waals surface area contributed by atoms with Gasteiger partial charge in [0.2, 0.25) is 5.88 Å². The standard InChI is InChI=1S/C13H11BrClN3OS/c1-19-12-11(18-4-5-20-13(18)17-12)7-16-10-3-2-8(15)6-9(10)14/h2-6,16H,7H2,1H3. The van der Waals surface area contributed by atoms with E-state index in [4.69, 9.17) is 16.3 Å². The van der Waals surface area contributed by atoms with Crippen LogP contribution >= 0.6 is 38.9 Å². The number of hydrogen-bond donors (Lipinski definition) is 1. The fourth-order valence-electron chi connectivity index (χ4n) is 1.95. The van der Waals surface area contributed by atoms with Gasteiger partial charge in [-0.1, -0.05) is 11.6 Å². The van der Waals surface area contributed by atoms with E-state index in [1.807, 2.05) is 34.2 Å². The maximum atomic E-state index is 5.94. The van der Waals surface area contributed by atoms with Gasteiger partial charge >= 0.3 is 0 Å². The van der Waals surface area contributed by atoms with Crippen molar-refractivity contribution in [1.29, 1.82) is 0 Å². The number of hydrogen-bond acceptors (Lipinski definition) is 4. The number of fused-ring (bicyclic) bond motifs is 1. The Balaban J connectivity index is 1.87. The van der Waals surface area contributed by atoms with Crippen LogP contribution in [-0.4, -0.2) is 16.5 Å². The Kier molecular flexibility index (Phi) is 3.87. The average molecular weight is 373 g/mol. The molecule has 3 aromatic rings. The number of aromatic nitrogens is 2. The van der Waals surface area contributed by atoms with E-state index in [0.29, 0.717) is 17.4 Å². The van der Waals surface area contributed by atoms with Gasteiger partial charge in [-0.15, -0.1) is 11.3 Å². The van der Waals surface area contributed by atoms with E-state index in [2.05, 4.69) is 26.2 Å². The van der Waals surface area contributed by atoms with Crippen LogP contribution in [0.5, 0.6) is 5.88 Å². The third-order valence-corrected chi connectivity index (χ3v) is 4.54. The molecular formula is C13H11BrClN3OS. The van der Waals surface area contributed by atoms with Gasteiger partial charge in [-0.3, -0.25) is 4.40 Å². The van der Waals surface area contributed by atoms with Crippen LogP contribution in [0.25, 0.3) is 4.96 Å². The van der Waals surface area contributed by atoms with Crippen LogP contribution in [-0.2, 0) is 6.54 Å². The molecule has 0 saturated heterocycles. The zero-order valence-electron chi connectivity index (χ0n) is 10.6. The van der Waals surface area contributed by atoms with E-state index < -0.39 is 0 Å². The van der Waals surface area contributed by atoms with Crippen LogP contribution in [0.2, 0.25) is 5.02 Å². The van der Waals surface area contributed by atoms with Crippen molar-refractivity contribution in [3.8, 4) is 5.88 Å². The smallest absolute Gasteiger partial charge is 0.238 e. The first-order valence-corrected chi connectivity index (χ1v) is 7.91. The minimum Gasteiger partial charge on any atom is -0.480 e. The van der Waals surface area contributed by atoms with Crippen molar-refractivity contribution >= 4 is 49.5 Å². The molecule has 7 heteroatoms. The van der Waals surface area contributed by atoms with E-state index in [1.165, 1.54) is 0 Å². The molecule has 0 aliphatic carbocycles. The highest BCUT2D eigenvalue weighted by Crippen LogP contribution is 2.28. The average Bonchev–Trinajstić information content (AvgIpc) is 2.98. The van der Waals surface area contributed by atoms with Crippen LogP contribution in [0.3, 0.4) is 0 Å². The van der Waals surface area contributed by atoms with Crippen LogP contribution in [0.4, 0.5) is 5.69 Å². The van der Waals surface area contributed by atoms with E-state index in [0.717, 1.165) is 20.8 Å². The molecular weight excluding hydrogens is 362 g/mol. The lowest BCUT2D eigenvalue weighted by atomic mass is 10.3. The second-order valence-corrected chi connectivity index (χ2v) is 6.26. The molecule has 0 atom stereocenters. The monoisotopic (exact) mass is 371 g/mol. The zero-order valence-corrected chi connectivity index (χ0v) is 13.7. The summed E-state index contributed by atoms with van der Waals surface area (Å²) in [4.78, 5) is 5.35. The third kappa shape index (κ3) is 2.51. The van der Waals surface area contributed by atoms with E-state index in [1.54, 1.807) is 18.4 Å². The second kappa shape index (κ2) is 5.63. The molecule has 4 nitrogen and oxygen atoms in total. The Bertz CT molecular complexity index is 755. The Morgan fingerprint density at radius 1 is 1.50 bits per heavy atom. The zero-order chi connectivity index (χ0) is 14.1. The van der Waals surface area contributed by atoms with Gasteiger partial charge in [-0.2, -0.15) is 4.98 Å². The lowest BCUT2D eigenvalue weighted by Crippen LogP contribution is -2.04. The molecule has 20 heavy (non-hydrogen) atoms. The van der Waals surface area contributed by atoms with Gasteiger partial charge in [0.25, 0.3) is 0 Å². The molecule has 0 aliphatic rings. The summed E-state index contributed by atoms with van der Waals surface area (Å²) in [6, 6.07) is 5.64. The summed E-state index contributed by atoms with van der Waals surface area (Å²) < 4.78 is 8.28. The molecule has 0 radical (unpaired) electrons. The summed E-state index contributed by atoms with van der Waals surface area (Å²) in [6.07, 6.45) is 1.99. The van der Waals surface area contributed by atoms with Gasteiger partial charge in [-0.05, 0) is 34.1 Å². The summed E-state index contributed by atoms with van der Waals surface area (Å²) in [5, 5.41) is 6.06. The number of nitrogens with one attached hydrogen (secondary N) is 1. The fourth-order valence-corrected chi connectivity index (χ4v) is 3.50. The molecule has 1 N–H and O–H groups in total. The predicted molar refractivity (Wildman–Crippen MR) is 86.1 cm³/mol. The highest BCUT2D eigenvalue weighted by molar-refractivity contribution is 9.10. The molecule has 0 bridgehead atoms. The van der Waals surface area contributed by atoms with Crippen molar-refractivity contribution in [2.24, 2.45) is 0 Å². The lowest BCUT2D eigenvalue weighted by Gasteiger charge is -2.09. The summed E-state index contributed by atoms with van der Waals surface area (Å²) >= 11 is 11.0. The minimum atomic E-state index is 0.612. The first-order chi connectivity index (χ1) is 9.69. The third-order valence-electron chi connectivity index (χ3n) is 2.90. The summed E-state index contributed by atoms with van der Waals surface area (Å²) in [5.41, 5.74) is 1.97. The number of anilines is 1. The normalized spacial score (nSPS) is 10.9. The quantitative estimate of drug-likeness (QED) is 0.736. The number of methoxy groups -OCH3 is 1. The van der Waals surface area contributed by atoms with Crippen LogP contribution < -0.4 is 10.1 Å². The molecule has 0 amide bonds. The minimum absolute atomic E-state index is 0.612. The van der Waals surface area contributed by atoms with Crippen molar-refractivity contribution in [1.82, 2.24) is 9.38 Å². The number of imidazole rings is 1. The molecule has 1 aromatic carbocycles. The molecule has 0 spiro atoms. The largest absolute Gasteiger partial charge is 0.480 e. The number of ether oxygens (including phenoxy) is 1. The summed E-state index contributed by atoms with van der Waals surface area (Å²) in [6.45, 7) is 0.612. The van der Waals surface area contributed by atoms with Crippen molar-refractivity contribution < 1.29 is 4.74 Å². The highest BCUT2D eigenvalue weighted by Gasteiger charge is 2.13.